The van der Waals surface area contributed by atoms with Crippen LogP contribution in [-0.2, 0) is 19.6 Å². The molecular formula is C11H15ClN2O5S. The first-order valence-corrected chi connectivity index (χ1v) is 7.76. The molecule has 0 atom stereocenters. The number of aromatic amines is 1. The Bertz CT molecular complexity index is 626. The summed E-state index contributed by atoms with van der Waals surface area (Å²) in [5.41, 5.74) is -0.562. The second kappa shape index (κ2) is 7.41. The molecule has 112 valence electrons. The second-order valence-corrected chi connectivity index (χ2v) is 5.99. The number of hydrogen-bond acceptors (Lipinski definition) is 5. The van der Waals surface area contributed by atoms with E-state index in [0.29, 0.717) is 13.0 Å². The molecule has 0 fully saturated rings. The number of esters is 1. The van der Waals surface area contributed by atoms with Crippen LogP contribution in [0.1, 0.15) is 19.8 Å². The van der Waals surface area contributed by atoms with Gasteiger partial charge in [0.1, 0.15) is 5.02 Å². The van der Waals surface area contributed by atoms with Crippen molar-refractivity contribution in [1.82, 2.24) is 9.71 Å². The van der Waals surface area contributed by atoms with Crippen molar-refractivity contribution >= 4 is 27.6 Å². The van der Waals surface area contributed by atoms with Gasteiger partial charge in [-0.1, -0.05) is 11.6 Å². The van der Waals surface area contributed by atoms with E-state index in [9.17, 15) is 18.0 Å². The fraction of sp³-hybridized carbons (Fsp3) is 0.455. The molecule has 0 aliphatic heterocycles. The third-order valence-electron chi connectivity index (χ3n) is 2.30. The van der Waals surface area contributed by atoms with Crippen molar-refractivity contribution in [2.45, 2.75) is 24.7 Å². The lowest BCUT2D eigenvalue weighted by Gasteiger charge is -2.06. The van der Waals surface area contributed by atoms with Crippen molar-refractivity contribution in [2.75, 3.05) is 13.2 Å². The molecule has 7 nitrogen and oxygen atoms in total. The highest BCUT2D eigenvalue weighted by atomic mass is 35.5. The first-order chi connectivity index (χ1) is 9.36. The average molecular weight is 323 g/mol. The summed E-state index contributed by atoms with van der Waals surface area (Å²) in [5, 5.41) is -0.209. The molecule has 20 heavy (non-hydrogen) atoms. The van der Waals surface area contributed by atoms with Crippen LogP contribution >= 0.6 is 11.6 Å². The standard InChI is InChI=1S/C11H15ClN2O5S/c1-2-19-10(15)4-3-5-14-20(17,18)8-6-9(12)11(16)13-7-8/h6-7,14H,2-5H2,1H3,(H,13,16). The summed E-state index contributed by atoms with van der Waals surface area (Å²) >= 11 is 5.56. The van der Waals surface area contributed by atoms with Crippen molar-refractivity contribution in [1.29, 1.82) is 0 Å². The van der Waals surface area contributed by atoms with Crippen LogP contribution in [0.3, 0.4) is 0 Å². The quantitative estimate of drug-likeness (QED) is 0.566. The number of rotatable bonds is 7. The van der Waals surface area contributed by atoms with Gasteiger partial charge in [-0.2, -0.15) is 0 Å². The molecule has 1 aromatic heterocycles. The van der Waals surface area contributed by atoms with Gasteiger partial charge < -0.3 is 9.72 Å². The topological polar surface area (TPSA) is 105 Å². The number of ether oxygens (including phenoxy) is 1. The van der Waals surface area contributed by atoms with E-state index in [-0.39, 0.29) is 28.9 Å². The number of sulfonamides is 1. The molecule has 0 amide bonds. The molecule has 0 saturated carbocycles. The van der Waals surface area contributed by atoms with Gasteiger partial charge in [-0.25, -0.2) is 13.1 Å². The van der Waals surface area contributed by atoms with E-state index in [1.807, 2.05) is 0 Å². The predicted molar refractivity (Wildman–Crippen MR) is 73.1 cm³/mol. The predicted octanol–water partition coefficient (Wildman–Crippen LogP) is 0.650. The van der Waals surface area contributed by atoms with Gasteiger partial charge in [0.05, 0.1) is 11.5 Å². The Morgan fingerprint density at radius 2 is 2.20 bits per heavy atom. The number of halogens is 1. The Morgan fingerprint density at radius 1 is 1.50 bits per heavy atom. The summed E-state index contributed by atoms with van der Waals surface area (Å²) in [6, 6.07) is 1.06. The van der Waals surface area contributed by atoms with Gasteiger partial charge in [-0.15, -0.1) is 0 Å². The van der Waals surface area contributed by atoms with E-state index < -0.39 is 15.6 Å². The van der Waals surface area contributed by atoms with Crippen LogP contribution < -0.4 is 10.3 Å². The minimum Gasteiger partial charge on any atom is -0.466 e. The highest BCUT2D eigenvalue weighted by molar-refractivity contribution is 7.89. The normalized spacial score (nSPS) is 11.3. The minimum atomic E-state index is -3.77. The monoisotopic (exact) mass is 322 g/mol. The molecule has 0 unspecified atom stereocenters. The van der Waals surface area contributed by atoms with Gasteiger partial charge in [0, 0.05) is 19.2 Å². The van der Waals surface area contributed by atoms with E-state index in [1.165, 1.54) is 0 Å². The van der Waals surface area contributed by atoms with E-state index in [4.69, 9.17) is 16.3 Å². The molecule has 0 radical (unpaired) electrons. The number of aromatic nitrogens is 1. The number of hydrogen-bond donors (Lipinski definition) is 2. The van der Waals surface area contributed by atoms with Crippen LogP contribution in [0.5, 0.6) is 0 Å². The SMILES string of the molecule is CCOC(=O)CCCNS(=O)(=O)c1c[nH]c(=O)c(Cl)c1. The van der Waals surface area contributed by atoms with Gasteiger partial charge in [0.25, 0.3) is 5.56 Å². The highest BCUT2D eigenvalue weighted by Crippen LogP contribution is 2.10. The lowest BCUT2D eigenvalue weighted by atomic mass is 10.3. The Hall–Kier alpha value is -1.38. The maximum Gasteiger partial charge on any atom is 0.305 e. The third-order valence-corrected chi connectivity index (χ3v) is 4.02. The van der Waals surface area contributed by atoms with Gasteiger partial charge in [-0.3, -0.25) is 9.59 Å². The lowest BCUT2D eigenvalue weighted by Crippen LogP contribution is -2.26. The van der Waals surface area contributed by atoms with Crippen molar-refractivity contribution in [3.63, 3.8) is 0 Å². The molecule has 2 N–H and O–H groups in total. The van der Waals surface area contributed by atoms with E-state index in [2.05, 4.69) is 9.71 Å². The number of carbonyl (C=O) groups excluding carboxylic acids is 1. The molecule has 1 heterocycles. The zero-order chi connectivity index (χ0) is 15.2. The maximum atomic E-state index is 11.9. The fourth-order valence-corrected chi connectivity index (χ4v) is 2.65. The molecular weight excluding hydrogens is 308 g/mol. The summed E-state index contributed by atoms with van der Waals surface area (Å²) in [7, 11) is -3.77. The van der Waals surface area contributed by atoms with Crippen molar-refractivity contribution in [2.24, 2.45) is 0 Å². The summed E-state index contributed by atoms with van der Waals surface area (Å²) < 4.78 is 30.7. The van der Waals surface area contributed by atoms with Crippen LogP contribution in [0.2, 0.25) is 5.02 Å². The Balaban J connectivity index is 2.56. The average Bonchev–Trinajstić information content (AvgIpc) is 2.38. The molecule has 0 aliphatic rings. The van der Waals surface area contributed by atoms with Crippen molar-refractivity contribution in [3.8, 4) is 0 Å². The molecule has 0 aliphatic carbocycles. The van der Waals surface area contributed by atoms with Crippen LogP contribution in [0, 0.1) is 0 Å². The first-order valence-electron chi connectivity index (χ1n) is 5.90. The smallest absolute Gasteiger partial charge is 0.305 e. The molecule has 1 aromatic rings. The number of pyridine rings is 1. The van der Waals surface area contributed by atoms with E-state index >= 15 is 0 Å². The summed E-state index contributed by atoms with van der Waals surface area (Å²) in [5.74, 6) is -0.376. The Morgan fingerprint density at radius 3 is 2.80 bits per heavy atom. The zero-order valence-electron chi connectivity index (χ0n) is 10.8. The fourth-order valence-electron chi connectivity index (χ4n) is 1.35. The molecule has 0 aromatic carbocycles. The second-order valence-electron chi connectivity index (χ2n) is 3.82. The molecule has 0 spiro atoms. The van der Waals surface area contributed by atoms with E-state index in [1.54, 1.807) is 6.92 Å². The van der Waals surface area contributed by atoms with Gasteiger partial charge in [0.2, 0.25) is 10.0 Å². The minimum absolute atomic E-state index is 0.0812. The molecule has 0 bridgehead atoms. The van der Waals surface area contributed by atoms with Crippen molar-refractivity contribution in [3.05, 3.63) is 27.6 Å². The zero-order valence-corrected chi connectivity index (χ0v) is 12.4. The van der Waals surface area contributed by atoms with Crippen LogP contribution in [0.25, 0.3) is 0 Å². The highest BCUT2D eigenvalue weighted by Gasteiger charge is 2.15. The van der Waals surface area contributed by atoms with Gasteiger partial charge in [-0.05, 0) is 19.4 Å². The Kier molecular flexibility index (Phi) is 6.18. The van der Waals surface area contributed by atoms with E-state index in [0.717, 1.165) is 12.3 Å². The van der Waals surface area contributed by atoms with Crippen LogP contribution in [0.15, 0.2) is 22.0 Å². The first kappa shape index (κ1) is 16.7. The number of nitrogens with one attached hydrogen (secondary N) is 2. The summed E-state index contributed by atoms with van der Waals surface area (Å²) in [4.78, 5) is 24.2. The summed E-state index contributed by atoms with van der Waals surface area (Å²) in [6.07, 6.45) is 1.50. The summed E-state index contributed by atoms with van der Waals surface area (Å²) in [6.45, 7) is 2.07. The number of carbonyl (C=O) groups is 1. The van der Waals surface area contributed by atoms with Crippen LogP contribution in [-0.4, -0.2) is 32.5 Å². The van der Waals surface area contributed by atoms with Crippen LogP contribution in [0.4, 0.5) is 0 Å². The number of H-pyrrole nitrogens is 1. The van der Waals surface area contributed by atoms with Gasteiger partial charge >= 0.3 is 5.97 Å². The van der Waals surface area contributed by atoms with Crippen molar-refractivity contribution < 1.29 is 17.9 Å². The molecule has 9 heteroatoms. The molecule has 0 saturated heterocycles. The largest absolute Gasteiger partial charge is 0.466 e. The lowest BCUT2D eigenvalue weighted by molar-refractivity contribution is -0.143. The maximum absolute atomic E-state index is 11.9. The Labute approximate surface area is 121 Å². The third kappa shape index (κ3) is 4.95. The molecule has 1 rings (SSSR count). The van der Waals surface area contributed by atoms with Gasteiger partial charge in [0.15, 0.2) is 0 Å².